The quantitative estimate of drug-likeness (QED) is 0.0246. The summed E-state index contributed by atoms with van der Waals surface area (Å²) < 4.78 is 23.6. The van der Waals surface area contributed by atoms with Gasteiger partial charge in [-0.15, -0.1) is 0 Å². The Morgan fingerprint density at radius 1 is 0.600 bits per heavy atom. The lowest BCUT2D eigenvalue weighted by Gasteiger charge is -2.25. The van der Waals surface area contributed by atoms with E-state index in [1.807, 2.05) is 27.2 Å². The van der Waals surface area contributed by atoms with Crippen molar-refractivity contribution in [3.05, 3.63) is 24.3 Å². The molecule has 0 radical (unpaired) electrons. The average Bonchev–Trinajstić information content (AvgIpc) is 3.13. The number of aliphatic hydroxyl groups is 1. The highest BCUT2D eigenvalue weighted by Crippen LogP contribution is 2.43. The molecule has 1 amide bonds. The minimum Gasteiger partial charge on any atom is -0.387 e. The third-order valence-corrected chi connectivity index (χ3v) is 11.4. The molecule has 0 aromatic rings. The lowest BCUT2D eigenvalue weighted by Crippen LogP contribution is -2.45. The Bertz CT molecular complexity index is 953. The Balaban J connectivity index is 4.37. The van der Waals surface area contributed by atoms with Crippen molar-refractivity contribution in [3.8, 4) is 0 Å². The van der Waals surface area contributed by atoms with Gasteiger partial charge < -0.3 is 19.8 Å². The maximum atomic E-state index is 12.8. The molecule has 3 N–H and O–H groups in total. The van der Waals surface area contributed by atoms with Crippen LogP contribution in [0.4, 0.5) is 0 Å². The zero-order valence-corrected chi connectivity index (χ0v) is 37.8. The van der Waals surface area contributed by atoms with Crippen LogP contribution in [0, 0.1) is 0 Å². The van der Waals surface area contributed by atoms with Crippen molar-refractivity contribution in [1.82, 2.24) is 5.32 Å². The molecule has 0 fully saturated rings. The number of hydrogen-bond acceptors (Lipinski definition) is 5. The zero-order chi connectivity index (χ0) is 40.7. The Morgan fingerprint density at radius 3 is 1.42 bits per heavy atom. The summed E-state index contributed by atoms with van der Waals surface area (Å²) in [6, 6.07) is -0.847. The smallest absolute Gasteiger partial charge is 0.387 e. The van der Waals surface area contributed by atoms with Crippen LogP contribution >= 0.6 is 7.82 Å². The molecule has 3 unspecified atom stereocenters. The van der Waals surface area contributed by atoms with Gasteiger partial charge in [-0.2, -0.15) is 0 Å². The number of likely N-dealkylation sites (N-methyl/N-ethyl adjacent to an activating group) is 1. The standard InChI is InChI=1S/C46H91N2O6P/c1-6-8-10-12-14-16-18-20-21-22-23-24-25-26-28-29-31-33-35-37-39-45(49)44(43-54-55(51,52)53-42-41-48(3,4)5)47-46(50)40-38-36-34-32-30-27-19-17-15-13-11-9-7-2/h17,19,37,39,44-45,49H,6-16,18,20-36,38,40-43H2,1-5H3,(H-,47,50,51,52)/p+1/b19-17-,39-37+. The van der Waals surface area contributed by atoms with Gasteiger partial charge in [0.25, 0.3) is 0 Å². The molecule has 0 aromatic heterocycles. The number of allylic oxidation sites excluding steroid dienone is 3. The largest absolute Gasteiger partial charge is 0.472 e. The number of amides is 1. The van der Waals surface area contributed by atoms with Gasteiger partial charge in [0.15, 0.2) is 0 Å². The van der Waals surface area contributed by atoms with E-state index in [0.29, 0.717) is 17.4 Å². The Labute approximate surface area is 341 Å². The summed E-state index contributed by atoms with van der Waals surface area (Å²) in [5.41, 5.74) is 0. The molecule has 9 heteroatoms. The summed E-state index contributed by atoms with van der Waals surface area (Å²) in [5.74, 6) is -0.186. The van der Waals surface area contributed by atoms with Crippen molar-refractivity contribution in [1.29, 1.82) is 0 Å². The number of hydrogen-bond donors (Lipinski definition) is 3. The number of phosphoric ester groups is 1. The molecule has 0 aliphatic carbocycles. The van der Waals surface area contributed by atoms with Crippen LogP contribution in [0.2, 0.25) is 0 Å². The lowest BCUT2D eigenvalue weighted by atomic mass is 10.0. The first-order valence-electron chi connectivity index (χ1n) is 23.2. The van der Waals surface area contributed by atoms with Gasteiger partial charge >= 0.3 is 7.82 Å². The first kappa shape index (κ1) is 54.0. The number of nitrogens with one attached hydrogen (secondary N) is 1. The molecule has 0 aliphatic rings. The predicted molar refractivity (Wildman–Crippen MR) is 235 cm³/mol. The number of aliphatic hydroxyl groups excluding tert-OH is 1. The SMILES string of the molecule is CCCCCC/C=C\CCCCCCCC(=O)NC(COP(=O)(O)OCC[N+](C)(C)C)C(O)/C=C/CCCCCCCCCCCCCCCCCCCC. The van der Waals surface area contributed by atoms with E-state index in [1.54, 1.807) is 6.08 Å². The van der Waals surface area contributed by atoms with E-state index in [-0.39, 0.29) is 19.1 Å². The zero-order valence-electron chi connectivity index (χ0n) is 36.9. The Hall–Kier alpha value is -1.02. The van der Waals surface area contributed by atoms with Crippen LogP contribution in [0.3, 0.4) is 0 Å². The third-order valence-electron chi connectivity index (χ3n) is 10.4. The number of nitrogens with zero attached hydrogens (tertiary/aromatic N) is 1. The summed E-state index contributed by atoms with van der Waals surface area (Å²) in [5, 5.41) is 13.8. The van der Waals surface area contributed by atoms with Crippen molar-refractivity contribution in [2.75, 3.05) is 40.9 Å². The van der Waals surface area contributed by atoms with Crippen LogP contribution in [0.15, 0.2) is 24.3 Å². The predicted octanol–water partition coefficient (Wildman–Crippen LogP) is 12.9. The second kappa shape index (κ2) is 38.5. The summed E-state index contributed by atoms with van der Waals surface area (Å²) in [6.07, 6.45) is 45.3. The fraction of sp³-hybridized carbons (Fsp3) is 0.891. The molecular formula is C46H92N2O6P+. The van der Waals surface area contributed by atoms with E-state index in [9.17, 15) is 19.4 Å². The van der Waals surface area contributed by atoms with Crippen LogP contribution in [-0.2, 0) is 18.4 Å². The third kappa shape index (κ3) is 41.0. The molecule has 0 bridgehead atoms. The Kier molecular flexibility index (Phi) is 37.8. The summed E-state index contributed by atoms with van der Waals surface area (Å²) in [6.45, 7) is 4.80. The molecule has 0 saturated heterocycles. The van der Waals surface area contributed by atoms with Gasteiger partial charge in [-0.25, -0.2) is 4.57 Å². The number of unbranched alkanes of at least 4 members (excludes halogenated alkanes) is 27. The van der Waals surface area contributed by atoms with Gasteiger partial charge in [-0.3, -0.25) is 13.8 Å². The number of rotatable bonds is 42. The first-order chi connectivity index (χ1) is 26.5. The minimum absolute atomic E-state index is 0.0610. The van der Waals surface area contributed by atoms with E-state index >= 15 is 0 Å². The van der Waals surface area contributed by atoms with Crippen LogP contribution in [0.1, 0.15) is 213 Å². The van der Waals surface area contributed by atoms with Crippen LogP contribution in [0.5, 0.6) is 0 Å². The topological polar surface area (TPSA) is 105 Å². The summed E-state index contributed by atoms with van der Waals surface area (Å²) in [4.78, 5) is 23.1. The molecule has 0 aliphatic heterocycles. The highest BCUT2D eigenvalue weighted by Gasteiger charge is 2.27. The molecule has 0 rings (SSSR count). The molecule has 55 heavy (non-hydrogen) atoms. The van der Waals surface area contributed by atoms with Gasteiger partial charge in [-0.05, 0) is 44.9 Å². The van der Waals surface area contributed by atoms with Gasteiger partial charge in [0.05, 0.1) is 39.9 Å². The van der Waals surface area contributed by atoms with Crippen LogP contribution < -0.4 is 5.32 Å². The number of phosphoric acid groups is 1. The minimum atomic E-state index is -4.34. The molecule has 326 valence electrons. The maximum Gasteiger partial charge on any atom is 0.472 e. The fourth-order valence-electron chi connectivity index (χ4n) is 6.68. The second-order valence-corrected chi connectivity index (χ2v) is 18.6. The van der Waals surface area contributed by atoms with E-state index < -0.39 is 20.0 Å². The monoisotopic (exact) mass is 800 g/mol. The van der Waals surface area contributed by atoms with Gasteiger partial charge in [0.1, 0.15) is 13.2 Å². The van der Waals surface area contributed by atoms with Crippen molar-refractivity contribution >= 4 is 13.7 Å². The van der Waals surface area contributed by atoms with Crippen LogP contribution in [0.25, 0.3) is 0 Å². The van der Waals surface area contributed by atoms with Crippen molar-refractivity contribution < 1.29 is 32.9 Å². The van der Waals surface area contributed by atoms with Gasteiger partial charge in [-0.1, -0.05) is 186 Å². The normalized spacial score (nSPS) is 14.5. The second-order valence-electron chi connectivity index (χ2n) is 17.1. The highest BCUT2D eigenvalue weighted by atomic mass is 31.2. The van der Waals surface area contributed by atoms with Gasteiger partial charge in [0.2, 0.25) is 5.91 Å². The number of carbonyl (C=O) groups excluding carboxylic acids is 1. The van der Waals surface area contributed by atoms with E-state index in [0.717, 1.165) is 51.4 Å². The molecule has 0 spiro atoms. The van der Waals surface area contributed by atoms with E-state index in [4.69, 9.17) is 9.05 Å². The van der Waals surface area contributed by atoms with Crippen molar-refractivity contribution in [2.45, 2.75) is 225 Å². The molecule has 3 atom stereocenters. The van der Waals surface area contributed by atoms with E-state index in [2.05, 4.69) is 31.3 Å². The van der Waals surface area contributed by atoms with Gasteiger partial charge in [0, 0.05) is 6.42 Å². The van der Waals surface area contributed by atoms with E-state index in [1.165, 1.54) is 141 Å². The fourth-order valence-corrected chi connectivity index (χ4v) is 7.42. The first-order valence-corrected chi connectivity index (χ1v) is 24.7. The van der Waals surface area contributed by atoms with Crippen LogP contribution in [-0.4, -0.2) is 73.4 Å². The number of carbonyl (C=O) groups is 1. The molecular weight excluding hydrogens is 707 g/mol. The van der Waals surface area contributed by atoms with Crippen molar-refractivity contribution in [2.24, 2.45) is 0 Å². The maximum absolute atomic E-state index is 12.8. The molecule has 0 saturated carbocycles. The highest BCUT2D eigenvalue weighted by molar-refractivity contribution is 7.47. The molecule has 0 aromatic carbocycles. The molecule has 0 heterocycles. The Morgan fingerprint density at radius 2 is 0.982 bits per heavy atom. The number of quaternary nitrogens is 1. The summed E-state index contributed by atoms with van der Waals surface area (Å²) in [7, 11) is 1.57. The summed E-state index contributed by atoms with van der Waals surface area (Å²) >= 11 is 0. The van der Waals surface area contributed by atoms with Crippen molar-refractivity contribution in [3.63, 3.8) is 0 Å². The average molecular weight is 800 g/mol. The molecule has 8 nitrogen and oxygen atoms in total. The lowest BCUT2D eigenvalue weighted by molar-refractivity contribution is -0.870.